The molecule has 1 aromatic carbocycles. The van der Waals surface area contributed by atoms with Crippen molar-refractivity contribution in [1.82, 2.24) is 10.1 Å². The van der Waals surface area contributed by atoms with Gasteiger partial charge in [0.25, 0.3) is 5.91 Å². The third kappa shape index (κ3) is 2.93. The second-order valence-corrected chi connectivity index (χ2v) is 7.12. The number of amides is 1. The number of nitrogens with zero attached hydrogens (tertiary/aromatic N) is 3. The molecule has 1 aromatic heterocycles. The number of hydrogen-bond acceptors (Lipinski definition) is 5. The van der Waals surface area contributed by atoms with Crippen LogP contribution in [0.25, 0.3) is 11.3 Å². The zero-order chi connectivity index (χ0) is 18.1. The van der Waals surface area contributed by atoms with Gasteiger partial charge < -0.3 is 19.1 Å². The number of carbonyl (C=O) groups excluding carboxylic acids is 1. The summed E-state index contributed by atoms with van der Waals surface area (Å²) in [6, 6.07) is 7.84. The number of hydrogen-bond donors (Lipinski definition) is 0. The van der Waals surface area contributed by atoms with Crippen molar-refractivity contribution < 1.29 is 14.1 Å². The molecule has 0 saturated carbocycles. The molecule has 2 aromatic rings. The van der Waals surface area contributed by atoms with Gasteiger partial charge >= 0.3 is 0 Å². The van der Waals surface area contributed by atoms with E-state index in [4.69, 9.17) is 9.26 Å². The van der Waals surface area contributed by atoms with Crippen molar-refractivity contribution >= 4 is 11.7 Å². The molecule has 2 saturated heterocycles. The highest BCUT2D eigenvalue weighted by Crippen LogP contribution is 2.36. The summed E-state index contributed by atoms with van der Waals surface area (Å²) in [7, 11) is 1.64. The van der Waals surface area contributed by atoms with Crippen LogP contribution in [0, 0.1) is 0 Å². The fourth-order valence-corrected chi connectivity index (χ4v) is 3.94. The molecular weight excluding hydrogens is 330 g/mol. The predicted molar refractivity (Wildman–Crippen MR) is 99.7 cm³/mol. The standard InChI is InChI=1S/C20H25N3O3/c1-14-6-5-13-23(14)20(24)17-18(15-7-9-16(25-2)10-8-15)26-21-19(17)22-11-3-4-12-22/h7-10,14H,3-6,11-13H2,1-2H3. The van der Waals surface area contributed by atoms with E-state index >= 15 is 0 Å². The summed E-state index contributed by atoms with van der Waals surface area (Å²) in [6.07, 6.45) is 4.35. The fourth-order valence-electron chi connectivity index (χ4n) is 3.94. The van der Waals surface area contributed by atoms with Crippen LogP contribution < -0.4 is 9.64 Å². The van der Waals surface area contributed by atoms with Crippen molar-refractivity contribution in [3.63, 3.8) is 0 Å². The lowest BCUT2D eigenvalue weighted by Gasteiger charge is -2.23. The minimum atomic E-state index is 0.0315. The summed E-state index contributed by atoms with van der Waals surface area (Å²) in [5, 5.41) is 4.31. The Labute approximate surface area is 153 Å². The third-order valence-electron chi connectivity index (χ3n) is 5.46. The number of likely N-dealkylation sites (tertiary alicyclic amines) is 1. The first kappa shape index (κ1) is 16.9. The lowest BCUT2D eigenvalue weighted by atomic mass is 10.1. The quantitative estimate of drug-likeness (QED) is 0.839. The second kappa shape index (κ2) is 7.02. The molecule has 4 rings (SSSR count). The summed E-state index contributed by atoms with van der Waals surface area (Å²) in [5.41, 5.74) is 1.45. The number of aromatic nitrogens is 1. The molecule has 2 fully saturated rings. The molecule has 2 aliphatic heterocycles. The number of rotatable bonds is 4. The molecule has 0 bridgehead atoms. The Balaban J connectivity index is 1.76. The van der Waals surface area contributed by atoms with Crippen molar-refractivity contribution in [2.45, 2.75) is 38.6 Å². The molecule has 2 aliphatic rings. The van der Waals surface area contributed by atoms with Crippen LogP contribution in [0.3, 0.4) is 0 Å². The first-order valence-corrected chi connectivity index (χ1v) is 9.39. The maximum Gasteiger partial charge on any atom is 0.261 e. The van der Waals surface area contributed by atoms with Crippen LogP contribution in [-0.2, 0) is 0 Å². The highest BCUT2D eigenvalue weighted by atomic mass is 16.5. The van der Waals surface area contributed by atoms with E-state index in [-0.39, 0.29) is 11.9 Å². The molecule has 138 valence electrons. The van der Waals surface area contributed by atoms with E-state index in [2.05, 4.69) is 17.0 Å². The van der Waals surface area contributed by atoms with E-state index in [1.54, 1.807) is 7.11 Å². The summed E-state index contributed by atoms with van der Waals surface area (Å²) in [4.78, 5) is 17.5. The van der Waals surface area contributed by atoms with Gasteiger partial charge in [0, 0.05) is 31.2 Å². The Kier molecular flexibility index (Phi) is 4.57. The molecule has 1 unspecified atom stereocenters. The SMILES string of the molecule is COc1ccc(-c2onc(N3CCCC3)c2C(=O)N2CCCC2C)cc1. The van der Waals surface area contributed by atoms with Gasteiger partial charge in [-0.15, -0.1) is 0 Å². The molecule has 1 atom stereocenters. The average Bonchev–Trinajstić information content (AvgIpc) is 3.41. The van der Waals surface area contributed by atoms with Crippen LogP contribution in [0.4, 0.5) is 5.82 Å². The highest BCUT2D eigenvalue weighted by molar-refractivity contribution is 6.04. The van der Waals surface area contributed by atoms with Gasteiger partial charge in [0.2, 0.25) is 0 Å². The number of anilines is 1. The summed E-state index contributed by atoms with van der Waals surface area (Å²) in [6.45, 7) is 4.75. The Morgan fingerprint density at radius 1 is 1.15 bits per heavy atom. The Hall–Kier alpha value is -2.50. The smallest absolute Gasteiger partial charge is 0.261 e. The Bertz CT molecular complexity index is 778. The summed E-state index contributed by atoms with van der Waals surface area (Å²) < 4.78 is 10.9. The monoisotopic (exact) mass is 355 g/mol. The number of benzene rings is 1. The number of ether oxygens (including phenoxy) is 1. The van der Waals surface area contributed by atoms with Crippen LogP contribution in [0.1, 0.15) is 43.0 Å². The van der Waals surface area contributed by atoms with Gasteiger partial charge in [-0.2, -0.15) is 0 Å². The van der Waals surface area contributed by atoms with E-state index < -0.39 is 0 Å². The Morgan fingerprint density at radius 2 is 1.88 bits per heavy atom. The van der Waals surface area contributed by atoms with Crippen molar-refractivity contribution in [3.05, 3.63) is 29.8 Å². The van der Waals surface area contributed by atoms with Crippen molar-refractivity contribution in [2.75, 3.05) is 31.6 Å². The molecular formula is C20H25N3O3. The maximum atomic E-state index is 13.4. The Morgan fingerprint density at radius 3 is 2.50 bits per heavy atom. The molecule has 0 N–H and O–H groups in total. The predicted octanol–water partition coefficient (Wildman–Crippen LogP) is 3.57. The minimum absolute atomic E-state index is 0.0315. The van der Waals surface area contributed by atoms with E-state index in [0.717, 1.165) is 56.6 Å². The molecule has 6 heteroatoms. The van der Waals surface area contributed by atoms with Gasteiger partial charge in [-0.25, -0.2) is 0 Å². The third-order valence-corrected chi connectivity index (χ3v) is 5.46. The van der Waals surface area contributed by atoms with Gasteiger partial charge in [0.05, 0.1) is 7.11 Å². The average molecular weight is 355 g/mol. The lowest BCUT2D eigenvalue weighted by Crippen LogP contribution is -2.35. The van der Waals surface area contributed by atoms with Gasteiger partial charge in [0.15, 0.2) is 11.6 Å². The second-order valence-electron chi connectivity index (χ2n) is 7.12. The van der Waals surface area contributed by atoms with E-state index in [0.29, 0.717) is 17.1 Å². The number of methoxy groups -OCH3 is 1. The molecule has 0 aliphatic carbocycles. The zero-order valence-corrected chi connectivity index (χ0v) is 15.4. The van der Waals surface area contributed by atoms with E-state index in [9.17, 15) is 4.79 Å². The molecule has 6 nitrogen and oxygen atoms in total. The fraction of sp³-hybridized carbons (Fsp3) is 0.500. The molecule has 0 radical (unpaired) electrons. The first-order valence-electron chi connectivity index (χ1n) is 9.39. The first-order chi connectivity index (χ1) is 12.7. The molecule has 0 spiro atoms. The van der Waals surface area contributed by atoms with Crippen molar-refractivity contribution in [1.29, 1.82) is 0 Å². The highest BCUT2D eigenvalue weighted by Gasteiger charge is 2.34. The van der Waals surface area contributed by atoms with Crippen LogP contribution in [0.2, 0.25) is 0 Å². The zero-order valence-electron chi connectivity index (χ0n) is 15.4. The summed E-state index contributed by atoms with van der Waals surface area (Å²) in [5.74, 6) is 2.05. The van der Waals surface area contributed by atoms with Crippen molar-refractivity contribution in [2.24, 2.45) is 0 Å². The maximum absolute atomic E-state index is 13.4. The van der Waals surface area contributed by atoms with Gasteiger partial charge in [0.1, 0.15) is 11.3 Å². The van der Waals surface area contributed by atoms with Crippen LogP contribution in [-0.4, -0.2) is 48.7 Å². The summed E-state index contributed by atoms with van der Waals surface area (Å²) >= 11 is 0. The van der Waals surface area contributed by atoms with Crippen LogP contribution in [0.5, 0.6) is 5.75 Å². The van der Waals surface area contributed by atoms with Gasteiger partial charge in [-0.3, -0.25) is 4.79 Å². The molecule has 1 amide bonds. The van der Waals surface area contributed by atoms with E-state index in [1.807, 2.05) is 29.2 Å². The number of carbonyl (C=O) groups is 1. The largest absolute Gasteiger partial charge is 0.497 e. The molecule has 26 heavy (non-hydrogen) atoms. The van der Waals surface area contributed by atoms with Crippen LogP contribution >= 0.6 is 0 Å². The van der Waals surface area contributed by atoms with Gasteiger partial charge in [-0.1, -0.05) is 5.16 Å². The minimum Gasteiger partial charge on any atom is -0.497 e. The van der Waals surface area contributed by atoms with Crippen molar-refractivity contribution in [3.8, 4) is 17.1 Å². The lowest BCUT2D eigenvalue weighted by molar-refractivity contribution is 0.0748. The van der Waals surface area contributed by atoms with Gasteiger partial charge in [-0.05, 0) is 56.9 Å². The van der Waals surface area contributed by atoms with Crippen LogP contribution in [0.15, 0.2) is 28.8 Å². The topological polar surface area (TPSA) is 58.8 Å². The normalized spacial score (nSPS) is 20.0. The molecule has 3 heterocycles. The van der Waals surface area contributed by atoms with E-state index in [1.165, 1.54) is 0 Å².